The summed E-state index contributed by atoms with van der Waals surface area (Å²) < 4.78 is 23.9. The number of nitrogens with one attached hydrogen (secondary N) is 1. The van der Waals surface area contributed by atoms with Crippen molar-refractivity contribution < 1.29 is 13.9 Å². The lowest BCUT2D eigenvalue weighted by molar-refractivity contribution is 0.102. The second-order valence-electron chi connectivity index (χ2n) is 8.27. The zero-order valence-corrected chi connectivity index (χ0v) is 18.5. The van der Waals surface area contributed by atoms with Crippen molar-refractivity contribution in [2.45, 2.75) is 37.6 Å². The standard InChI is InChI=1S/C22H20FN7O2S/c1-32-18-7-15(23)14(6-17(18)29-8-16(24-10-29)12-2-3-12)21(31)26-19-9-33-22(27-19)20-28-25-11-30(20)13-4-5-13/h6-13H,2-5H2,1H3,(H,26,31). The molecule has 6 rings (SSSR count). The predicted octanol–water partition coefficient (Wildman–Crippen LogP) is 4.20. The van der Waals surface area contributed by atoms with Crippen LogP contribution in [0.4, 0.5) is 10.2 Å². The molecule has 0 unspecified atom stereocenters. The summed E-state index contributed by atoms with van der Waals surface area (Å²) in [6.07, 6.45) is 9.70. The van der Waals surface area contributed by atoms with Gasteiger partial charge in [-0.15, -0.1) is 21.5 Å². The van der Waals surface area contributed by atoms with Gasteiger partial charge in [0, 0.05) is 29.6 Å². The normalized spacial score (nSPS) is 15.6. The first-order chi connectivity index (χ1) is 16.1. The molecule has 2 aliphatic carbocycles. The molecule has 0 radical (unpaired) electrons. The number of nitrogens with zero attached hydrogens (tertiary/aromatic N) is 6. The van der Waals surface area contributed by atoms with E-state index < -0.39 is 11.7 Å². The number of imidazole rings is 1. The maximum atomic E-state index is 14.8. The SMILES string of the molecule is COc1cc(F)c(C(=O)Nc2csc(-c3nncn3C3CC3)n2)cc1-n1cnc(C2CC2)c1. The van der Waals surface area contributed by atoms with Crippen LogP contribution in [0.25, 0.3) is 16.5 Å². The summed E-state index contributed by atoms with van der Waals surface area (Å²) in [5.74, 6) is 0.524. The third kappa shape index (κ3) is 3.78. The van der Waals surface area contributed by atoms with Crippen molar-refractivity contribution in [1.29, 1.82) is 0 Å². The van der Waals surface area contributed by atoms with Crippen molar-refractivity contribution in [2.24, 2.45) is 0 Å². The number of hydrogen-bond acceptors (Lipinski definition) is 7. The summed E-state index contributed by atoms with van der Waals surface area (Å²) in [6.45, 7) is 0. The number of ether oxygens (including phenoxy) is 1. The van der Waals surface area contributed by atoms with Crippen LogP contribution in [0.2, 0.25) is 0 Å². The molecule has 11 heteroatoms. The molecule has 4 aromatic rings. The van der Waals surface area contributed by atoms with E-state index in [4.69, 9.17) is 4.74 Å². The number of benzene rings is 1. The van der Waals surface area contributed by atoms with Crippen molar-refractivity contribution in [3.63, 3.8) is 0 Å². The van der Waals surface area contributed by atoms with Crippen LogP contribution in [0.15, 0.2) is 36.4 Å². The molecule has 9 nitrogen and oxygen atoms in total. The lowest BCUT2D eigenvalue weighted by Crippen LogP contribution is -2.15. The topological polar surface area (TPSA) is 99.7 Å². The highest BCUT2D eigenvalue weighted by atomic mass is 32.1. The largest absolute Gasteiger partial charge is 0.494 e. The molecule has 3 aromatic heterocycles. The third-order valence-electron chi connectivity index (χ3n) is 5.84. The molecule has 1 N–H and O–H groups in total. The Morgan fingerprint density at radius 2 is 2.09 bits per heavy atom. The van der Waals surface area contributed by atoms with Gasteiger partial charge in [-0.2, -0.15) is 0 Å². The summed E-state index contributed by atoms with van der Waals surface area (Å²) in [4.78, 5) is 21.8. The lowest BCUT2D eigenvalue weighted by Gasteiger charge is -2.12. The van der Waals surface area contributed by atoms with E-state index in [9.17, 15) is 9.18 Å². The number of hydrogen-bond donors (Lipinski definition) is 1. The first kappa shape index (κ1) is 20.0. The predicted molar refractivity (Wildman–Crippen MR) is 119 cm³/mol. The smallest absolute Gasteiger partial charge is 0.259 e. The minimum Gasteiger partial charge on any atom is -0.494 e. The quantitative estimate of drug-likeness (QED) is 0.439. The highest BCUT2D eigenvalue weighted by Crippen LogP contribution is 2.40. The number of aromatic nitrogens is 6. The molecule has 1 amide bonds. The molecule has 168 valence electrons. The molecule has 33 heavy (non-hydrogen) atoms. The van der Waals surface area contributed by atoms with E-state index in [-0.39, 0.29) is 5.56 Å². The molecular weight excluding hydrogens is 445 g/mol. The lowest BCUT2D eigenvalue weighted by atomic mass is 10.1. The molecule has 1 aromatic carbocycles. The molecule has 3 heterocycles. The Morgan fingerprint density at radius 1 is 1.24 bits per heavy atom. The summed E-state index contributed by atoms with van der Waals surface area (Å²) in [6, 6.07) is 3.09. The molecule has 2 fully saturated rings. The minimum absolute atomic E-state index is 0.108. The van der Waals surface area contributed by atoms with Gasteiger partial charge < -0.3 is 19.2 Å². The average Bonchev–Trinajstić information content (AvgIpc) is 3.69. The van der Waals surface area contributed by atoms with Gasteiger partial charge in [0.05, 0.1) is 30.4 Å². The van der Waals surface area contributed by atoms with Gasteiger partial charge in [-0.05, 0) is 31.7 Å². The number of carbonyl (C=O) groups excluding carboxylic acids is 1. The first-order valence-electron chi connectivity index (χ1n) is 10.7. The number of rotatable bonds is 7. The number of halogens is 1. The maximum absolute atomic E-state index is 14.8. The van der Waals surface area contributed by atoms with Gasteiger partial charge in [-0.1, -0.05) is 0 Å². The summed E-state index contributed by atoms with van der Waals surface area (Å²) in [5.41, 5.74) is 1.42. The van der Waals surface area contributed by atoms with Gasteiger partial charge in [-0.3, -0.25) is 4.79 Å². The number of thiazole rings is 1. The van der Waals surface area contributed by atoms with Gasteiger partial charge in [0.25, 0.3) is 5.91 Å². The molecule has 0 spiro atoms. The van der Waals surface area contributed by atoms with E-state index in [2.05, 4.69) is 25.5 Å². The van der Waals surface area contributed by atoms with Crippen LogP contribution in [0, 0.1) is 5.82 Å². The fourth-order valence-electron chi connectivity index (χ4n) is 3.78. The Hall–Kier alpha value is -3.60. The Kier molecular flexibility index (Phi) is 4.72. The first-order valence-corrected chi connectivity index (χ1v) is 11.6. The van der Waals surface area contributed by atoms with Crippen LogP contribution < -0.4 is 10.1 Å². The Bertz CT molecular complexity index is 1350. The van der Waals surface area contributed by atoms with Crippen molar-refractivity contribution in [2.75, 3.05) is 12.4 Å². The van der Waals surface area contributed by atoms with E-state index in [0.717, 1.165) is 31.4 Å². The molecular formula is C22H20FN7O2S. The van der Waals surface area contributed by atoms with Crippen LogP contribution in [-0.2, 0) is 0 Å². The second kappa shape index (κ2) is 7.77. The van der Waals surface area contributed by atoms with Crippen molar-refractivity contribution >= 4 is 23.1 Å². The molecule has 0 atom stereocenters. The zero-order valence-electron chi connectivity index (χ0n) is 17.7. The van der Waals surface area contributed by atoms with E-state index in [1.807, 2.05) is 10.8 Å². The van der Waals surface area contributed by atoms with E-state index in [0.29, 0.717) is 40.0 Å². The van der Waals surface area contributed by atoms with Gasteiger partial charge in [-0.25, -0.2) is 14.4 Å². The van der Waals surface area contributed by atoms with E-state index in [1.165, 1.54) is 30.6 Å². The van der Waals surface area contributed by atoms with Crippen molar-refractivity contribution in [1.82, 2.24) is 29.3 Å². The van der Waals surface area contributed by atoms with Crippen LogP contribution in [0.5, 0.6) is 5.75 Å². The average molecular weight is 466 g/mol. The van der Waals surface area contributed by atoms with Gasteiger partial charge in [0.1, 0.15) is 23.7 Å². The van der Waals surface area contributed by atoms with Crippen LogP contribution >= 0.6 is 11.3 Å². The summed E-state index contributed by atoms with van der Waals surface area (Å²) in [5, 5.41) is 13.2. The van der Waals surface area contributed by atoms with Gasteiger partial charge in [0.2, 0.25) is 0 Å². The molecule has 2 aliphatic rings. The van der Waals surface area contributed by atoms with Crippen LogP contribution in [0.1, 0.15) is 53.7 Å². The molecule has 0 bridgehead atoms. The number of anilines is 1. The fourth-order valence-corrected chi connectivity index (χ4v) is 4.51. The van der Waals surface area contributed by atoms with Gasteiger partial charge in [0.15, 0.2) is 10.8 Å². The molecule has 0 aliphatic heterocycles. The molecule has 0 saturated heterocycles. The Balaban J connectivity index is 1.27. The zero-order chi connectivity index (χ0) is 22.5. The van der Waals surface area contributed by atoms with E-state index in [1.54, 1.807) is 22.6 Å². The van der Waals surface area contributed by atoms with Crippen molar-refractivity contribution in [3.8, 4) is 22.3 Å². The van der Waals surface area contributed by atoms with Gasteiger partial charge >= 0.3 is 0 Å². The highest BCUT2D eigenvalue weighted by molar-refractivity contribution is 7.13. The van der Waals surface area contributed by atoms with Crippen LogP contribution in [-0.4, -0.2) is 42.3 Å². The highest BCUT2D eigenvalue weighted by Gasteiger charge is 2.28. The second-order valence-corrected chi connectivity index (χ2v) is 9.13. The van der Waals surface area contributed by atoms with E-state index >= 15 is 0 Å². The molecule has 2 saturated carbocycles. The number of carbonyl (C=O) groups is 1. The third-order valence-corrected chi connectivity index (χ3v) is 6.68. The monoisotopic (exact) mass is 465 g/mol. The summed E-state index contributed by atoms with van der Waals surface area (Å²) in [7, 11) is 1.47. The summed E-state index contributed by atoms with van der Waals surface area (Å²) >= 11 is 1.35. The number of methoxy groups -OCH3 is 1. The maximum Gasteiger partial charge on any atom is 0.259 e. The Morgan fingerprint density at radius 3 is 2.85 bits per heavy atom. The fraction of sp³-hybridized carbons (Fsp3) is 0.318. The Labute approximate surface area is 192 Å². The number of amides is 1. The van der Waals surface area contributed by atoms with Crippen LogP contribution in [0.3, 0.4) is 0 Å². The minimum atomic E-state index is -0.681. The van der Waals surface area contributed by atoms with Crippen molar-refractivity contribution in [3.05, 3.63) is 53.4 Å².